The second-order valence-electron chi connectivity index (χ2n) is 4.49. The van der Waals surface area contributed by atoms with E-state index in [2.05, 4.69) is 20.3 Å². The van der Waals surface area contributed by atoms with Crippen molar-refractivity contribution in [2.75, 3.05) is 19.5 Å². The minimum Gasteiger partial charge on any atom is -0.495 e. The van der Waals surface area contributed by atoms with Crippen LogP contribution in [0.15, 0.2) is 24.5 Å². The van der Waals surface area contributed by atoms with Crippen LogP contribution in [-0.2, 0) is 0 Å². The summed E-state index contributed by atoms with van der Waals surface area (Å²) in [4.78, 5) is 13.0. The predicted molar refractivity (Wildman–Crippen MR) is 77.1 cm³/mol. The number of nitrogens with one attached hydrogen (secondary N) is 1. The lowest BCUT2D eigenvalue weighted by Gasteiger charge is -2.13. The van der Waals surface area contributed by atoms with Gasteiger partial charge in [-0.25, -0.2) is 15.0 Å². The molecule has 20 heavy (non-hydrogen) atoms. The lowest BCUT2D eigenvalue weighted by molar-refractivity contribution is 0.412. The number of methoxy groups -OCH3 is 2. The van der Waals surface area contributed by atoms with E-state index in [1.807, 2.05) is 26.0 Å². The second-order valence-corrected chi connectivity index (χ2v) is 4.49. The quantitative estimate of drug-likeness (QED) is 0.902. The van der Waals surface area contributed by atoms with E-state index in [4.69, 9.17) is 9.47 Å². The third-order valence-corrected chi connectivity index (χ3v) is 2.60. The molecule has 6 nitrogen and oxygen atoms in total. The first-order valence-electron chi connectivity index (χ1n) is 6.32. The molecule has 0 radical (unpaired) electrons. The van der Waals surface area contributed by atoms with Crippen molar-refractivity contribution in [3.63, 3.8) is 0 Å². The monoisotopic (exact) mass is 274 g/mol. The Morgan fingerprint density at radius 3 is 2.40 bits per heavy atom. The van der Waals surface area contributed by atoms with Gasteiger partial charge in [0, 0.05) is 6.04 Å². The summed E-state index contributed by atoms with van der Waals surface area (Å²) in [5, 5.41) is 3.23. The van der Waals surface area contributed by atoms with Gasteiger partial charge in [0.1, 0.15) is 11.4 Å². The fourth-order valence-electron chi connectivity index (χ4n) is 1.65. The van der Waals surface area contributed by atoms with Crippen molar-refractivity contribution < 1.29 is 9.47 Å². The molecule has 2 rings (SSSR count). The number of rotatable bonds is 5. The zero-order valence-electron chi connectivity index (χ0n) is 12.0. The molecule has 0 spiro atoms. The molecule has 0 saturated heterocycles. The van der Waals surface area contributed by atoms with Crippen LogP contribution in [0.25, 0.3) is 11.5 Å². The molecule has 0 saturated carbocycles. The van der Waals surface area contributed by atoms with Gasteiger partial charge in [-0.3, -0.25) is 0 Å². The number of anilines is 1. The highest BCUT2D eigenvalue weighted by atomic mass is 16.5. The van der Waals surface area contributed by atoms with Crippen LogP contribution < -0.4 is 14.8 Å². The minimum absolute atomic E-state index is 0.246. The SMILES string of the molecule is COc1ccc(-c2ncc(OC)c(NC(C)C)n2)nc1. The standard InChI is InChI=1S/C14H18N4O2/c1-9(2)17-14-12(20-4)8-16-13(18-14)11-6-5-10(19-3)7-15-11/h5-9H,1-4H3,(H,16,17,18). The highest BCUT2D eigenvalue weighted by Gasteiger charge is 2.11. The van der Waals surface area contributed by atoms with E-state index in [9.17, 15) is 0 Å². The van der Waals surface area contributed by atoms with Crippen molar-refractivity contribution in [3.05, 3.63) is 24.5 Å². The zero-order chi connectivity index (χ0) is 14.5. The summed E-state index contributed by atoms with van der Waals surface area (Å²) in [6.07, 6.45) is 3.28. The van der Waals surface area contributed by atoms with E-state index in [-0.39, 0.29) is 6.04 Å². The molecule has 0 amide bonds. The van der Waals surface area contributed by atoms with E-state index in [0.29, 0.717) is 28.8 Å². The Balaban J connectivity index is 2.35. The smallest absolute Gasteiger partial charge is 0.180 e. The summed E-state index contributed by atoms with van der Waals surface area (Å²) in [6.45, 7) is 4.07. The van der Waals surface area contributed by atoms with Gasteiger partial charge in [0.15, 0.2) is 17.4 Å². The summed E-state index contributed by atoms with van der Waals surface area (Å²) in [6, 6.07) is 3.89. The molecule has 0 atom stereocenters. The Bertz CT molecular complexity index is 570. The lowest BCUT2D eigenvalue weighted by Crippen LogP contribution is -2.13. The Hall–Kier alpha value is -2.37. The highest BCUT2D eigenvalue weighted by Crippen LogP contribution is 2.24. The molecular weight excluding hydrogens is 256 g/mol. The van der Waals surface area contributed by atoms with E-state index in [1.54, 1.807) is 26.6 Å². The topological polar surface area (TPSA) is 69.2 Å². The molecule has 0 aliphatic heterocycles. The third-order valence-electron chi connectivity index (χ3n) is 2.60. The molecule has 0 unspecified atom stereocenters. The van der Waals surface area contributed by atoms with Crippen molar-refractivity contribution in [1.82, 2.24) is 15.0 Å². The first-order chi connectivity index (χ1) is 9.63. The van der Waals surface area contributed by atoms with Crippen LogP contribution in [0.2, 0.25) is 0 Å². The van der Waals surface area contributed by atoms with Gasteiger partial charge in [-0.2, -0.15) is 0 Å². The maximum Gasteiger partial charge on any atom is 0.180 e. The van der Waals surface area contributed by atoms with Gasteiger partial charge in [0.05, 0.1) is 26.6 Å². The second kappa shape index (κ2) is 6.18. The van der Waals surface area contributed by atoms with E-state index in [0.717, 1.165) is 0 Å². The van der Waals surface area contributed by atoms with Crippen molar-refractivity contribution in [1.29, 1.82) is 0 Å². The number of aromatic nitrogens is 3. The summed E-state index contributed by atoms with van der Waals surface area (Å²) >= 11 is 0. The molecule has 0 aliphatic carbocycles. The molecule has 0 aromatic carbocycles. The Labute approximate surface area is 118 Å². The summed E-state index contributed by atoms with van der Waals surface area (Å²) in [7, 11) is 3.20. The first kappa shape index (κ1) is 14.0. The van der Waals surface area contributed by atoms with Gasteiger partial charge >= 0.3 is 0 Å². The molecule has 0 bridgehead atoms. The molecule has 2 aromatic heterocycles. The van der Waals surface area contributed by atoms with Gasteiger partial charge < -0.3 is 14.8 Å². The van der Waals surface area contributed by atoms with Gasteiger partial charge in [-0.15, -0.1) is 0 Å². The molecule has 1 N–H and O–H groups in total. The van der Waals surface area contributed by atoms with Gasteiger partial charge in [0.25, 0.3) is 0 Å². The van der Waals surface area contributed by atoms with Gasteiger partial charge in [-0.05, 0) is 26.0 Å². The Kier molecular flexibility index (Phi) is 4.34. The third kappa shape index (κ3) is 3.14. The van der Waals surface area contributed by atoms with Crippen molar-refractivity contribution >= 4 is 5.82 Å². The summed E-state index contributed by atoms with van der Waals surface area (Å²) in [5.74, 6) is 2.50. The maximum absolute atomic E-state index is 5.25. The highest BCUT2D eigenvalue weighted by molar-refractivity contribution is 5.57. The van der Waals surface area contributed by atoms with E-state index in [1.165, 1.54) is 0 Å². The number of hydrogen-bond donors (Lipinski definition) is 1. The molecule has 106 valence electrons. The largest absolute Gasteiger partial charge is 0.495 e. The van der Waals surface area contributed by atoms with Crippen molar-refractivity contribution in [3.8, 4) is 23.0 Å². The minimum atomic E-state index is 0.246. The first-order valence-corrected chi connectivity index (χ1v) is 6.32. The number of hydrogen-bond acceptors (Lipinski definition) is 6. The average molecular weight is 274 g/mol. The fourth-order valence-corrected chi connectivity index (χ4v) is 1.65. The summed E-state index contributed by atoms with van der Waals surface area (Å²) in [5.41, 5.74) is 0.681. The van der Waals surface area contributed by atoms with Crippen LogP contribution in [0.5, 0.6) is 11.5 Å². The predicted octanol–water partition coefficient (Wildman–Crippen LogP) is 2.38. The average Bonchev–Trinajstić information content (AvgIpc) is 2.46. The van der Waals surface area contributed by atoms with Crippen LogP contribution in [0.3, 0.4) is 0 Å². The molecule has 0 aliphatic rings. The van der Waals surface area contributed by atoms with E-state index >= 15 is 0 Å². The molecule has 2 aromatic rings. The number of ether oxygens (including phenoxy) is 2. The normalized spacial score (nSPS) is 10.4. The van der Waals surface area contributed by atoms with Crippen LogP contribution in [0.4, 0.5) is 5.82 Å². The Morgan fingerprint density at radius 2 is 1.85 bits per heavy atom. The zero-order valence-corrected chi connectivity index (χ0v) is 12.0. The van der Waals surface area contributed by atoms with Crippen LogP contribution in [0.1, 0.15) is 13.8 Å². The number of nitrogens with zero attached hydrogens (tertiary/aromatic N) is 3. The lowest BCUT2D eigenvalue weighted by atomic mass is 10.3. The fraction of sp³-hybridized carbons (Fsp3) is 0.357. The summed E-state index contributed by atoms with van der Waals surface area (Å²) < 4.78 is 10.3. The van der Waals surface area contributed by atoms with Gasteiger partial charge in [0.2, 0.25) is 0 Å². The van der Waals surface area contributed by atoms with Crippen LogP contribution in [-0.4, -0.2) is 35.2 Å². The van der Waals surface area contributed by atoms with Crippen molar-refractivity contribution in [2.45, 2.75) is 19.9 Å². The molecule has 0 fully saturated rings. The molecule has 6 heteroatoms. The van der Waals surface area contributed by atoms with E-state index < -0.39 is 0 Å². The van der Waals surface area contributed by atoms with Crippen LogP contribution in [0, 0.1) is 0 Å². The molecular formula is C14H18N4O2. The van der Waals surface area contributed by atoms with Gasteiger partial charge in [-0.1, -0.05) is 0 Å². The maximum atomic E-state index is 5.25. The molecule has 2 heterocycles. The Morgan fingerprint density at radius 1 is 1.05 bits per heavy atom. The van der Waals surface area contributed by atoms with Crippen LogP contribution >= 0.6 is 0 Å². The number of pyridine rings is 1. The van der Waals surface area contributed by atoms with Crippen molar-refractivity contribution in [2.24, 2.45) is 0 Å².